The number of aliphatic imine (C=N–C) groups is 1. The van der Waals surface area contributed by atoms with Crippen molar-refractivity contribution in [2.24, 2.45) is 4.99 Å². The van der Waals surface area contributed by atoms with Crippen LogP contribution in [0.2, 0.25) is 0 Å². The van der Waals surface area contributed by atoms with Gasteiger partial charge in [0.2, 0.25) is 17.6 Å². The number of benzene rings is 1. The zero-order valence-corrected chi connectivity index (χ0v) is 20.0. The van der Waals surface area contributed by atoms with Crippen LogP contribution in [0.5, 0.6) is 0 Å². The van der Waals surface area contributed by atoms with Crippen LogP contribution in [0.1, 0.15) is 54.9 Å². The molecular formula is C23H24BrN7O2. The van der Waals surface area contributed by atoms with E-state index in [1.165, 1.54) is 0 Å². The highest BCUT2D eigenvalue weighted by Crippen LogP contribution is 2.28. The lowest BCUT2D eigenvalue weighted by Gasteiger charge is -2.12. The number of aromatic nitrogens is 6. The van der Waals surface area contributed by atoms with Gasteiger partial charge in [-0.2, -0.15) is 0 Å². The van der Waals surface area contributed by atoms with E-state index in [9.17, 15) is 4.79 Å². The molecule has 170 valence electrons. The summed E-state index contributed by atoms with van der Waals surface area (Å²) in [5.41, 5.74) is 1.68. The van der Waals surface area contributed by atoms with Gasteiger partial charge in [0.05, 0.1) is 16.6 Å². The number of hydrogen-bond donors (Lipinski definition) is 0. The quantitative estimate of drug-likeness (QED) is 0.317. The van der Waals surface area contributed by atoms with Crippen LogP contribution in [0.15, 0.2) is 44.5 Å². The Labute approximate surface area is 198 Å². The monoisotopic (exact) mass is 509 g/mol. The first-order valence-corrected chi connectivity index (χ1v) is 12.0. The smallest absolute Gasteiger partial charge is 0.266 e. The van der Waals surface area contributed by atoms with Crippen LogP contribution in [0, 0.1) is 0 Å². The molecule has 33 heavy (non-hydrogen) atoms. The highest BCUT2D eigenvalue weighted by molar-refractivity contribution is 9.18. The molecule has 0 radical (unpaired) electrons. The molecule has 0 unspecified atom stereocenters. The van der Waals surface area contributed by atoms with Crippen LogP contribution in [-0.4, -0.2) is 34.0 Å². The molecule has 4 aromatic rings. The Morgan fingerprint density at radius 3 is 2.67 bits per heavy atom. The first-order chi connectivity index (χ1) is 16.1. The molecule has 0 atom stereocenters. The van der Waals surface area contributed by atoms with Crippen LogP contribution < -0.4 is 5.56 Å². The van der Waals surface area contributed by atoms with Gasteiger partial charge in [-0.25, -0.2) is 9.39 Å². The van der Waals surface area contributed by atoms with Gasteiger partial charge in [0.1, 0.15) is 11.6 Å². The van der Waals surface area contributed by atoms with Gasteiger partial charge >= 0.3 is 0 Å². The molecule has 0 aliphatic carbocycles. The second-order valence-electron chi connectivity index (χ2n) is 8.13. The molecule has 0 N–H and O–H groups in total. The molecule has 5 rings (SSSR count). The average molecular weight is 510 g/mol. The summed E-state index contributed by atoms with van der Waals surface area (Å²) in [5, 5.41) is 17.0. The second-order valence-corrected chi connectivity index (χ2v) is 9.05. The predicted molar refractivity (Wildman–Crippen MR) is 127 cm³/mol. The van der Waals surface area contributed by atoms with Crippen LogP contribution in [-0.2, 0) is 32.2 Å². The van der Waals surface area contributed by atoms with Crippen molar-refractivity contribution in [1.29, 1.82) is 0 Å². The second kappa shape index (κ2) is 9.38. The van der Waals surface area contributed by atoms with E-state index in [0.717, 1.165) is 36.0 Å². The molecule has 0 saturated heterocycles. The minimum atomic E-state index is -0.111. The zero-order valence-electron chi connectivity index (χ0n) is 18.4. The Morgan fingerprint density at radius 2 is 1.85 bits per heavy atom. The van der Waals surface area contributed by atoms with E-state index in [0.29, 0.717) is 60.4 Å². The summed E-state index contributed by atoms with van der Waals surface area (Å²) in [6.07, 6.45) is 5.23. The molecular weight excluding hydrogens is 486 g/mol. The van der Waals surface area contributed by atoms with E-state index in [1.54, 1.807) is 4.40 Å². The van der Waals surface area contributed by atoms with E-state index in [-0.39, 0.29) is 5.56 Å². The maximum Gasteiger partial charge on any atom is 0.266 e. The fourth-order valence-corrected chi connectivity index (χ4v) is 4.55. The number of halogens is 1. The molecule has 0 saturated carbocycles. The van der Waals surface area contributed by atoms with E-state index in [4.69, 9.17) is 4.42 Å². The highest BCUT2D eigenvalue weighted by Gasteiger charge is 2.25. The molecule has 9 nitrogen and oxygen atoms in total. The largest absolute Gasteiger partial charge is 0.425 e. The van der Waals surface area contributed by atoms with Crippen LogP contribution in [0.4, 0.5) is 5.82 Å². The van der Waals surface area contributed by atoms with E-state index in [1.807, 2.05) is 34.9 Å². The van der Waals surface area contributed by atoms with Gasteiger partial charge in [0, 0.05) is 25.8 Å². The van der Waals surface area contributed by atoms with Crippen molar-refractivity contribution in [3.63, 3.8) is 0 Å². The highest BCUT2D eigenvalue weighted by atomic mass is 79.9. The third-order valence-electron chi connectivity index (χ3n) is 5.75. The minimum Gasteiger partial charge on any atom is -0.425 e. The molecule has 1 aromatic carbocycles. The Balaban J connectivity index is 1.39. The molecule has 1 aliphatic heterocycles. The lowest BCUT2D eigenvalue weighted by atomic mass is 10.2. The van der Waals surface area contributed by atoms with Crippen molar-refractivity contribution < 1.29 is 4.42 Å². The number of unbranched alkanes of at least 4 members (excludes halogenated alkanes) is 2. The van der Waals surface area contributed by atoms with Crippen LogP contribution in [0.3, 0.4) is 0 Å². The Hall–Kier alpha value is -3.14. The topological polar surface area (TPSA) is 103 Å². The number of hydrogen-bond acceptors (Lipinski definition) is 7. The van der Waals surface area contributed by atoms with Crippen molar-refractivity contribution in [2.45, 2.75) is 58.4 Å². The van der Waals surface area contributed by atoms with Crippen molar-refractivity contribution in [3.05, 3.63) is 69.4 Å². The van der Waals surface area contributed by atoms with Gasteiger partial charge in [-0.3, -0.25) is 9.36 Å². The Bertz CT molecular complexity index is 1370. The first-order valence-electron chi connectivity index (χ1n) is 11.2. The van der Waals surface area contributed by atoms with Gasteiger partial charge in [-0.15, -0.1) is 20.4 Å². The SMILES string of the molecule is CCCCCn1c2c(c(=O)n3c(CCc4nnc(Cc5ccccc5)o4)nnc13)CC(Br)=N2. The number of fused-ring (bicyclic) bond motifs is 2. The summed E-state index contributed by atoms with van der Waals surface area (Å²) in [6, 6.07) is 10.00. The third-order valence-corrected chi connectivity index (χ3v) is 6.20. The van der Waals surface area contributed by atoms with E-state index in [2.05, 4.69) is 48.2 Å². The number of aryl methyl sites for hydroxylation is 3. The summed E-state index contributed by atoms with van der Waals surface area (Å²) < 4.78 is 10.2. The van der Waals surface area contributed by atoms with E-state index < -0.39 is 0 Å². The Morgan fingerprint density at radius 1 is 1.03 bits per heavy atom. The number of rotatable bonds is 9. The van der Waals surface area contributed by atoms with Gasteiger partial charge in [0.25, 0.3) is 5.56 Å². The van der Waals surface area contributed by atoms with Gasteiger partial charge < -0.3 is 4.42 Å². The number of nitrogens with zero attached hydrogens (tertiary/aromatic N) is 7. The van der Waals surface area contributed by atoms with Crippen molar-refractivity contribution in [1.82, 2.24) is 29.4 Å². The summed E-state index contributed by atoms with van der Waals surface area (Å²) >= 11 is 3.46. The van der Waals surface area contributed by atoms with Gasteiger partial charge in [0.15, 0.2) is 0 Å². The maximum atomic E-state index is 13.3. The summed E-state index contributed by atoms with van der Waals surface area (Å²) in [4.78, 5) is 17.8. The fraction of sp³-hybridized carbons (Fsp3) is 0.391. The predicted octanol–water partition coefficient (Wildman–Crippen LogP) is 3.82. The normalized spacial score (nSPS) is 13.0. The molecule has 0 amide bonds. The molecule has 1 aliphatic rings. The lowest BCUT2D eigenvalue weighted by molar-refractivity contribution is 0.455. The standard InChI is InChI=1S/C23H24BrN7O2/c1-2-3-7-12-30-21-16(14-17(24)25-21)22(32)31-18(26-29-23(30)31)10-11-19-27-28-20(33-19)13-15-8-5-4-6-9-15/h4-6,8-9H,2-3,7,10-14H2,1H3. The van der Waals surface area contributed by atoms with Gasteiger partial charge in [-0.05, 0) is 27.9 Å². The summed E-state index contributed by atoms with van der Waals surface area (Å²) in [5.74, 6) is 2.91. The van der Waals surface area contributed by atoms with Crippen molar-refractivity contribution in [3.8, 4) is 0 Å². The lowest BCUT2D eigenvalue weighted by Crippen LogP contribution is -2.24. The molecule has 3 aromatic heterocycles. The molecule has 0 spiro atoms. The molecule has 0 bridgehead atoms. The van der Waals surface area contributed by atoms with Crippen molar-refractivity contribution >= 4 is 32.1 Å². The molecule has 0 fully saturated rings. The maximum absolute atomic E-state index is 13.3. The van der Waals surface area contributed by atoms with Crippen LogP contribution >= 0.6 is 15.9 Å². The first kappa shape index (κ1) is 21.7. The molecule has 10 heteroatoms. The molecule has 4 heterocycles. The summed E-state index contributed by atoms with van der Waals surface area (Å²) in [7, 11) is 0. The van der Waals surface area contributed by atoms with E-state index >= 15 is 0 Å². The fourth-order valence-electron chi connectivity index (χ4n) is 4.10. The van der Waals surface area contributed by atoms with Crippen molar-refractivity contribution in [2.75, 3.05) is 0 Å². The average Bonchev–Trinajstić information content (AvgIpc) is 3.54. The summed E-state index contributed by atoms with van der Waals surface area (Å²) in [6.45, 7) is 2.91. The minimum absolute atomic E-state index is 0.111. The Kier molecular flexibility index (Phi) is 6.17. The van der Waals surface area contributed by atoms with Gasteiger partial charge in [-0.1, -0.05) is 50.1 Å². The van der Waals surface area contributed by atoms with Crippen LogP contribution in [0.25, 0.3) is 5.78 Å². The third kappa shape index (κ3) is 4.39. The zero-order chi connectivity index (χ0) is 22.8.